The summed E-state index contributed by atoms with van der Waals surface area (Å²) in [5.74, 6) is 0.857. The lowest BCUT2D eigenvalue weighted by molar-refractivity contribution is 0.281. The molecule has 0 saturated heterocycles. The van der Waals surface area contributed by atoms with E-state index in [2.05, 4.69) is 12.1 Å². The van der Waals surface area contributed by atoms with E-state index in [1.807, 2.05) is 39.8 Å². The number of nitrogens with zero attached hydrogens (tertiary/aromatic N) is 1. The zero-order chi connectivity index (χ0) is 14.5. The highest BCUT2D eigenvalue weighted by Gasteiger charge is 2.16. The molecule has 0 heterocycles. The van der Waals surface area contributed by atoms with Gasteiger partial charge in [0.15, 0.2) is 0 Å². The van der Waals surface area contributed by atoms with Crippen molar-refractivity contribution in [2.75, 3.05) is 6.61 Å². The predicted octanol–water partition coefficient (Wildman–Crippen LogP) is 3.72. The van der Waals surface area contributed by atoms with Crippen LogP contribution in [0.15, 0.2) is 18.2 Å². The summed E-state index contributed by atoms with van der Waals surface area (Å²) in [7, 11) is 0. The first-order valence-corrected chi connectivity index (χ1v) is 6.76. The first-order chi connectivity index (χ1) is 8.85. The number of hydrogen-bond acceptors (Lipinski definition) is 3. The van der Waals surface area contributed by atoms with Crippen molar-refractivity contribution in [1.29, 1.82) is 5.26 Å². The monoisotopic (exact) mass is 260 g/mol. The molecule has 0 aliphatic rings. The Morgan fingerprint density at radius 1 is 1.42 bits per heavy atom. The summed E-state index contributed by atoms with van der Waals surface area (Å²) >= 11 is 0. The average molecular weight is 260 g/mol. The van der Waals surface area contributed by atoms with Crippen molar-refractivity contribution in [2.45, 2.75) is 46.6 Å². The molecule has 0 spiro atoms. The molecule has 1 aromatic carbocycles. The second kappa shape index (κ2) is 6.58. The van der Waals surface area contributed by atoms with Gasteiger partial charge in [-0.05, 0) is 46.6 Å². The van der Waals surface area contributed by atoms with Gasteiger partial charge in [-0.1, -0.05) is 17.7 Å². The van der Waals surface area contributed by atoms with Crippen LogP contribution < -0.4 is 10.5 Å². The van der Waals surface area contributed by atoms with E-state index in [0.29, 0.717) is 6.61 Å². The molecule has 2 N–H and O–H groups in total. The van der Waals surface area contributed by atoms with E-state index in [9.17, 15) is 0 Å². The molecule has 0 radical (unpaired) electrons. The topological polar surface area (TPSA) is 59.0 Å². The summed E-state index contributed by atoms with van der Waals surface area (Å²) in [5.41, 5.74) is 7.90. The van der Waals surface area contributed by atoms with Gasteiger partial charge in [0.25, 0.3) is 0 Å². The molecule has 3 nitrogen and oxygen atoms in total. The highest BCUT2D eigenvalue weighted by molar-refractivity contribution is 5.38. The molecular weight excluding hydrogens is 236 g/mol. The van der Waals surface area contributed by atoms with Crippen LogP contribution in [0.5, 0.6) is 5.75 Å². The zero-order valence-electron chi connectivity index (χ0n) is 12.4. The maximum Gasteiger partial charge on any atom is 0.124 e. The van der Waals surface area contributed by atoms with E-state index < -0.39 is 0 Å². The Hall–Kier alpha value is -1.53. The molecular formula is C16H24N2O. The van der Waals surface area contributed by atoms with Gasteiger partial charge in [-0.3, -0.25) is 0 Å². The third-order valence-electron chi connectivity index (χ3n) is 3.16. The lowest BCUT2D eigenvalue weighted by Crippen LogP contribution is -2.12. The molecule has 0 aliphatic heterocycles. The van der Waals surface area contributed by atoms with Crippen LogP contribution in [0.4, 0.5) is 0 Å². The molecule has 0 aromatic heterocycles. The van der Waals surface area contributed by atoms with Gasteiger partial charge in [0.2, 0.25) is 0 Å². The summed E-state index contributed by atoms with van der Waals surface area (Å²) in [6, 6.07) is 8.34. The van der Waals surface area contributed by atoms with E-state index in [4.69, 9.17) is 15.7 Å². The second-order valence-electron chi connectivity index (χ2n) is 5.78. The van der Waals surface area contributed by atoms with Crippen LogP contribution in [0.2, 0.25) is 0 Å². The number of aryl methyl sites for hydroxylation is 1. The summed E-state index contributed by atoms with van der Waals surface area (Å²) in [5, 5.41) is 8.95. The molecule has 3 heteroatoms. The smallest absolute Gasteiger partial charge is 0.124 e. The van der Waals surface area contributed by atoms with Gasteiger partial charge in [0.1, 0.15) is 5.75 Å². The van der Waals surface area contributed by atoms with Gasteiger partial charge in [-0.15, -0.1) is 0 Å². The second-order valence-corrected chi connectivity index (χ2v) is 5.78. The molecule has 19 heavy (non-hydrogen) atoms. The molecule has 104 valence electrons. The normalized spacial score (nSPS) is 12.8. The number of benzene rings is 1. The molecule has 0 fully saturated rings. The molecule has 0 bridgehead atoms. The Morgan fingerprint density at radius 3 is 2.68 bits per heavy atom. The summed E-state index contributed by atoms with van der Waals surface area (Å²) in [6.45, 7) is 8.53. The minimum Gasteiger partial charge on any atom is -0.493 e. The van der Waals surface area contributed by atoms with Crippen LogP contribution in [0.3, 0.4) is 0 Å². The van der Waals surface area contributed by atoms with Crippen LogP contribution in [0, 0.1) is 23.7 Å². The zero-order valence-corrected chi connectivity index (χ0v) is 12.4. The van der Waals surface area contributed by atoms with Crippen molar-refractivity contribution in [2.24, 2.45) is 11.1 Å². The average Bonchev–Trinajstić information content (AvgIpc) is 2.36. The third-order valence-corrected chi connectivity index (χ3v) is 3.16. The van der Waals surface area contributed by atoms with Gasteiger partial charge in [0.05, 0.1) is 18.1 Å². The summed E-state index contributed by atoms with van der Waals surface area (Å²) < 4.78 is 5.80. The Balaban J connectivity index is 2.57. The maximum atomic E-state index is 8.95. The largest absolute Gasteiger partial charge is 0.493 e. The maximum absolute atomic E-state index is 8.95. The van der Waals surface area contributed by atoms with Gasteiger partial charge < -0.3 is 10.5 Å². The standard InChI is InChI=1S/C16H24N2O/c1-12-6-7-15(14(10-12)13(2)18)19-9-5-8-16(3,4)11-17/h6-7,10,13H,5,8-9,18H2,1-4H3/t13-/m1/s1. The van der Waals surface area contributed by atoms with Crippen molar-refractivity contribution in [1.82, 2.24) is 0 Å². The highest BCUT2D eigenvalue weighted by Crippen LogP contribution is 2.26. The molecule has 1 aromatic rings. The summed E-state index contributed by atoms with van der Waals surface area (Å²) in [6.07, 6.45) is 1.70. The van der Waals surface area contributed by atoms with E-state index in [1.165, 1.54) is 5.56 Å². The first-order valence-electron chi connectivity index (χ1n) is 6.76. The number of hydrogen-bond donors (Lipinski definition) is 1. The van der Waals surface area contributed by atoms with Gasteiger partial charge in [-0.2, -0.15) is 5.26 Å². The van der Waals surface area contributed by atoms with E-state index in [1.54, 1.807) is 0 Å². The number of rotatable bonds is 6. The number of nitriles is 1. The Morgan fingerprint density at radius 2 is 2.11 bits per heavy atom. The molecule has 0 unspecified atom stereocenters. The molecule has 0 amide bonds. The molecule has 1 atom stereocenters. The fourth-order valence-electron chi connectivity index (χ4n) is 1.91. The third kappa shape index (κ3) is 4.92. The molecule has 1 rings (SSSR count). The van der Waals surface area contributed by atoms with Crippen LogP contribution in [0.25, 0.3) is 0 Å². The molecule has 0 saturated carbocycles. The highest BCUT2D eigenvalue weighted by atomic mass is 16.5. The first kappa shape index (κ1) is 15.5. The number of nitrogens with two attached hydrogens (primary N) is 1. The minimum atomic E-state index is -0.277. The van der Waals surface area contributed by atoms with Crippen molar-refractivity contribution in [3.63, 3.8) is 0 Å². The van der Waals surface area contributed by atoms with E-state index in [0.717, 1.165) is 24.2 Å². The van der Waals surface area contributed by atoms with Crippen molar-refractivity contribution in [3.05, 3.63) is 29.3 Å². The van der Waals surface area contributed by atoms with Gasteiger partial charge in [-0.25, -0.2) is 0 Å². The van der Waals surface area contributed by atoms with Crippen molar-refractivity contribution in [3.8, 4) is 11.8 Å². The number of ether oxygens (including phenoxy) is 1. The summed E-state index contributed by atoms with van der Waals surface area (Å²) in [4.78, 5) is 0. The van der Waals surface area contributed by atoms with E-state index >= 15 is 0 Å². The Kier molecular flexibility index (Phi) is 5.38. The van der Waals surface area contributed by atoms with Crippen LogP contribution in [0.1, 0.15) is 50.8 Å². The predicted molar refractivity (Wildman–Crippen MR) is 77.9 cm³/mol. The van der Waals surface area contributed by atoms with E-state index in [-0.39, 0.29) is 11.5 Å². The van der Waals surface area contributed by atoms with Crippen LogP contribution >= 0.6 is 0 Å². The quantitative estimate of drug-likeness (QED) is 0.793. The lowest BCUT2D eigenvalue weighted by Gasteiger charge is -2.17. The molecule has 0 aliphatic carbocycles. The van der Waals surface area contributed by atoms with Crippen molar-refractivity contribution >= 4 is 0 Å². The fraction of sp³-hybridized carbons (Fsp3) is 0.562. The fourth-order valence-corrected chi connectivity index (χ4v) is 1.91. The van der Waals surface area contributed by atoms with Crippen LogP contribution in [-0.4, -0.2) is 6.61 Å². The van der Waals surface area contributed by atoms with Gasteiger partial charge in [0, 0.05) is 11.6 Å². The SMILES string of the molecule is Cc1ccc(OCCCC(C)(C)C#N)c([C@@H](C)N)c1. The lowest BCUT2D eigenvalue weighted by atomic mass is 9.90. The van der Waals surface area contributed by atoms with Crippen molar-refractivity contribution < 1.29 is 4.74 Å². The van der Waals surface area contributed by atoms with Gasteiger partial charge >= 0.3 is 0 Å². The Labute approximate surface area is 116 Å². The van der Waals surface area contributed by atoms with Crippen LogP contribution in [-0.2, 0) is 0 Å². The minimum absolute atomic E-state index is 0.0366. The Bertz CT molecular complexity index is 458.